The Kier molecular flexibility index (Phi) is 6.31. The smallest absolute Gasteiger partial charge is 0.353 e. The van der Waals surface area contributed by atoms with Crippen LogP contribution in [0, 0.1) is 18.8 Å². The molecule has 4 rings (SSSR count). The molecule has 5 nitrogen and oxygen atoms in total. The standard InChI is InChI=1S/C25H21F3N4O/c1-18-5-10-23(30-17-18)31-12-14-32(15-13-31)24(33)20-7-9-22(25(26,27)28)19(16-20)6-8-21-4-2-3-11-29-21/h2-5,7,9-11,16-17H,12-15H2,1H3. The Morgan fingerprint density at radius 3 is 2.39 bits per heavy atom. The van der Waals surface area contributed by atoms with Crippen LogP contribution in [0.5, 0.6) is 0 Å². The average Bonchev–Trinajstić information content (AvgIpc) is 2.83. The molecule has 33 heavy (non-hydrogen) atoms. The van der Waals surface area contributed by atoms with Crippen molar-refractivity contribution in [2.45, 2.75) is 13.1 Å². The van der Waals surface area contributed by atoms with Crippen molar-refractivity contribution in [2.24, 2.45) is 0 Å². The summed E-state index contributed by atoms with van der Waals surface area (Å²) in [5.74, 6) is 5.72. The second kappa shape index (κ2) is 9.33. The summed E-state index contributed by atoms with van der Waals surface area (Å²) in [5.41, 5.74) is 0.467. The van der Waals surface area contributed by atoms with Crippen LogP contribution in [0.15, 0.2) is 60.9 Å². The first-order chi connectivity index (χ1) is 15.8. The normalized spacial score (nSPS) is 13.9. The summed E-state index contributed by atoms with van der Waals surface area (Å²) in [6.07, 6.45) is -1.27. The monoisotopic (exact) mass is 450 g/mol. The first-order valence-corrected chi connectivity index (χ1v) is 10.4. The van der Waals surface area contributed by atoms with E-state index in [4.69, 9.17) is 0 Å². The van der Waals surface area contributed by atoms with E-state index in [2.05, 4.69) is 26.7 Å². The molecule has 0 N–H and O–H groups in total. The fourth-order valence-corrected chi connectivity index (χ4v) is 3.56. The Labute approximate surface area is 189 Å². The number of carbonyl (C=O) groups is 1. The van der Waals surface area contributed by atoms with E-state index in [-0.39, 0.29) is 17.0 Å². The third kappa shape index (κ3) is 5.32. The number of rotatable bonds is 2. The quantitative estimate of drug-likeness (QED) is 0.550. The summed E-state index contributed by atoms with van der Waals surface area (Å²) < 4.78 is 40.5. The number of nitrogens with zero attached hydrogens (tertiary/aromatic N) is 4. The number of hydrogen-bond acceptors (Lipinski definition) is 4. The average molecular weight is 450 g/mol. The molecule has 2 aromatic heterocycles. The second-order valence-corrected chi connectivity index (χ2v) is 7.70. The molecule has 3 heterocycles. The van der Waals surface area contributed by atoms with Crippen LogP contribution in [0.4, 0.5) is 19.0 Å². The van der Waals surface area contributed by atoms with Gasteiger partial charge in [-0.2, -0.15) is 13.2 Å². The van der Waals surface area contributed by atoms with E-state index >= 15 is 0 Å². The largest absolute Gasteiger partial charge is 0.417 e. The third-order valence-electron chi connectivity index (χ3n) is 5.35. The molecule has 0 bridgehead atoms. The molecule has 0 spiro atoms. The van der Waals surface area contributed by atoms with E-state index in [0.717, 1.165) is 17.4 Å². The van der Waals surface area contributed by atoms with Gasteiger partial charge in [0.05, 0.1) is 5.56 Å². The minimum absolute atomic E-state index is 0.176. The van der Waals surface area contributed by atoms with Crippen LogP contribution in [0.1, 0.15) is 32.7 Å². The molecule has 1 aliphatic rings. The van der Waals surface area contributed by atoms with Gasteiger partial charge in [0.15, 0.2) is 0 Å². The van der Waals surface area contributed by atoms with Crippen LogP contribution < -0.4 is 4.90 Å². The Bertz CT molecular complexity index is 1190. The number of carbonyl (C=O) groups excluding carboxylic acids is 1. The van der Waals surface area contributed by atoms with Gasteiger partial charge in [-0.15, -0.1) is 0 Å². The van der Waals surface area contributed by atoms with Crippen molar-refractivity contribution >= 4 is 11.7 Å². The van der Waals surface area contributed by atoms with E-state index in [0.29, 0.717) is 31.9 Å². The number of alkyl halides is 3. The minimum Gasteiger partial charge on any atom is -0.353 e. The van der Waals surface area contributed by atoms with Gasteiger partial charge in [-0.3, -0.25) is 4.79 Å². The van der Waals surface area contributed by atoms with Gasteiger partial charge in [-0.25, -0.2) is 9.97 Å². The highest BCUT2D eigenvalue weighted by Crippen LogP contribution is 2.32. The summed E-state index contributed by atoms with van der Waals surface area (Å²) in [4.78, 5) is 25.2. The van der Waals surface area contributed by atoms with Crippen LogP contribution in [-0.4, -0.2) is 47.0 Å². The Balaban J connectivity index is 1.53. The summed E-state index contributed by atoms with van der Waals surface area (Å²) >= 11 is 0. The molecular weight excluding hydrogens is 429 g/mol. The zero-order chi connectivity index (χ0) is 23.4. The molecule has 1 amide bonds. The summed E-state index contributed by atoms with van der Waals surface area (Å²) in [7, 11) is 0. The highest BCUT2D eigenvalue weighted by molar-refractivity contribution is 5.95. The van der Waals surface area contributed by atoms with Crippen molar-refractivity contribution in [3.8, 4) is 11.8 Å². The first kappa shape index (κ1) is 22.3. The number of hydrogen-bond donors (Lipinski definition) is 0. The van der Waals surface area contributed by atoms with Crippen molar-refractivity contribution < 1.29 is 18.0 Å². The van der Waals surface area contributed by atoms with Gasteiger partial charge in [0.2, 0.25) is 0 Å². The van der Waals surface area contributed by atoms with E-state index in [9.17, 15) is 18.0 Å². The molecule has 3 aromatic rings. The van der Waals surface area contributed by atoms with Gasteiger partial charge >= 0.3 is 6.18 Å². The molecule has 0 radical (unpaired) electrons. The SMILES string of the molecule is Cc1ccc(N2CCN(C(=O)c3ccc(C(F)(F)F)c(C#Cc4ccccn4)c3)CC2)nc1. The van der Waals surface area contributed by atoms with Crippen molar-refractivity contribution in [1.82, 2.24) is 14.9 Å². The van der Waals surface area contributed by atoms with Gasteiger partial charge < -0.3 is 9.80 Å². The number of amides is 1. The molecule has 0 aliphatic carbocycles. The zero-order valence-electron chi connectivity index (χ0n) is 17.9. The maximum atomic E-state index is 13.5. The van der Waals surface area contributed by atoms with Crippen LogP contribution in [-0.2, 0) is 6.18 Å². The fraction of sp³-hybridized carbons (Fsp3) is 0.240. The lowest BCUT2D eigenvalue weighted by Gasteiger charge is -2.35. The maximum absolute atomic E-state index is 13.5. The van der Waals surface area contributed by atoms with Crippen LogP contribution in [0.25, 0.3) is 0 Å². The van der Waals surface area contributed by atoms with Crippen molar-refractivity contribution in [2.75, 3.05) is 31.1 Å². The zero-order valence-corrected chi connectivity index (χ0v) is 17.9. The van der Waals surface area contributed by atoms with E-state index in [1.807, 2.05) is 19.1 Å². The second-order valence-electron chi connectivity index (χ2n) is 7.70. The molecule has 1 aliphatic heterocycles. The molecule has 0 saturated carbocycles. The Morgan fingerprint density at radius 1 is 0.970 bits per heavy atom. The molecule has 0 atom stereocenters. The number of aromatic nitrogens is 2. The minimum atomic E-state index is -4.58. The van der Waals surface area contributed by atoms with E-state index in [1.165, 1.54) is 18.3 Å². The summed E-state index contributed by atoms with van der Waals surface area (Å²) in [6.45, 7) is 4.05. The van der Waals surface area contributed by atoms with Crippen LogP contribution in [0.3, 0.4) is 0 Å². The topological polar surface area (TPSA) is 49.3 Å². The molecule has 1 saturated heterocycles. The van der Waals surface area contributed by atoms with Gasteiger partial charge in [0.25, 0.3) is 5.91 Å². The number of aryl methyl sites for hydroxylation is 1. The Hall–Kier alpha value is -3.86. The summed E-state index contributed by atoms with van der Waals surface area (Å²) in [6, 6.07) is 12.3. The van der Waals surface area contributed by atoms with Crippen molar-refractivity contribution in [1.29, 1.82) is 0 Å². The number of halogens is 3. The van der Waals surface area contributed by atoms with Gasteiger partial charge in [-0.1, -0.05) is 18.1 Å². The highest BCUT2D eigenvalue weighted by atomic mass is 19.4. The highest BCUT2D eigenvalue weighted by Gasteiger charge is 2.34. The predicted octanol–water partition coefficient (Wildman–Crippen LogP) is 4.17. The lowest BCUT2D eigenvalue weighted by molar-refractivity contribution is -0.137. The van der Waals surface area contributed by atoms with Crippen molar-refractivity contribution in [3.05, 3.63) is 88.9 Å². The lowest BCUT2D eigenvalue weighted by atomic mass is 10.0. The lowest BCUT2D eigenvalue weighted by Crippen LogP contribution is -2.49. The number of benzene rings is 1. The predicted molar refractivity (Wildman–Crippen MR) is 119 cm³/mol. The molecule has 0 unspecified atom stereocenters. The van der Waals surface area contributed by atoms with Gasteiger partial charge in [-0.05, 0) is 54.8 Å². The van der Waals surface area contributed by atoms with Gasteiger partial charge in [0, 0.05) is 49.7 Å². The third-order valence-corrected chi connectivity index (χ3v) is 5.35. The first-order valence-electron chi connectivity index (χ1n) is 10.4. The van der Waals surface area contributed by atoms with Gasteiger partial charge in [0.1, 0.15) is 11.5 Å². The molecule has 8 heteroatoms. The van der Waals surface area contributed by atoms with Crippen molar-refractivity contribution in [3.63, 3.8) is 0 Å². The Morgan fingerprint density at radius 2 is 1.76 bits per heavy atom. The number of piperazine rings is 1. The van der Waals surface area contributed by atoms with E-state index < -0.39 is 11.7 Å². The molecular formula is C25H21F3N4O. The van der Waals surface area contributed by atoms with E-state index in [1.54, 1.807) is 29.3 Å². The van der Waals surface area contributed by atoms with Crippen LogP contribution in [0.2, 0.25) is 0 Å². The summed E-state index contributed by atoms with van der Waals surface area (Å²) in [5, 5.41) is 0. The number of pyridine rings is 2. The molecule has 1 aromatic carbocycles. The maximum Gasteiger partial charge on any atom is 0.417 e. The molecule has 1 fully saturated rings. The number of anilines is 1. The molecule has 168 valence electrons. The van der Waals surface area contributed by atoms with Crippen LogP contribution >= 0.6 is 0 Å². The fourth-order valence-electron chi connectivity index (χ4n) is 3.56.